The van der Waals surface area contributed by atoms with E-state index in [-0.39, 0.29) is 18.2 Å². The lowest BCUT2D eigenvalue weighted by Crippen LogP contribution is -2.30. The van der Waals surface area contributed by atoms with Gasteiger partial charge in [-0.2, -0.15) is 0 Å². The molecule has 0 bridgehead atoms. The van der Waals surface area contributed by atoms with Gasteiger partial charge in [0.1, 0.15) is 0 Å². The lowest BCUT2D eigenvalue weighted by Gasteiger charge is -2.18. The Bertz CT molecular complexity index is 1020. The van der Waals surface area contributed by atoms with E-state index >= 15 is 0 Å². The monoisotopic (exact) mass is 463 g/mol. The molecule has 2 amide bonds. The number of amides is 2. The van der Waals surface area contributed by atoms with Gasteiger partial charge in [-0.15, -0.1) is 0 Å². The molecule has 0 aliphatic carbocycles. The molecule has 9 heteroatoms. The highest BCUT2D eigenvalue weighted by molar-refractivity contribution is 7.88. The Hall–Kier alpha value is -2.42. The summed E-state index contributed by atoms with van der Waals surface area (Å²) in [6, 6.07) is 13.1. The molecule has 1 aliphatic rings. The van der Waals surface area contributed by atoms with Crippen LogP contribution in [0.3, 0.4) is 0 Å². The van der Waals surface area contributed by atoms with Gasteiger partial charge in [0.2, 0.25) is 21.8 Å². The molecule has 1 heterocycles. The van der Waals surface area contributed by atoms with Gasteiger partial charge < -0.3 is 10.2 Å². The molecule has 31 heavy (non-hydrogen) atoms. The van der Waals surface area contributed by atoms with Gasteiger partial charge in [-0.05, 0) is 48.2 Å². The molecule has 7 nitrogen and oxygen atoms in total. The number of carbonyl (C=O) groups excluding carboxylic acids is 2. The molecule has 0 spiro atoms. The van der Waals surface area contributed by atoms with Crippen LogP contribution in [0, 0.1) is 0 Å². The number of halogens is 1. The number of sulfonamides is 1. The van der Waals surface area contributed by atoms with Crippen LogP contribution in [0.4, 0.5) is 5.69 Å². The molecule has 0 radical (unpaired) electrons. The standard InChI is InChI=1S/C22H26ClN3O4S/c1-31(29,30)25-20(17-6-8-18(23)9-7-17)15-21(27)24-19-10-4-16(5-11-19)14-22(28)26-12-2-3-13-26/h4-11,20,25H,2-3,12-15H2,1H3,(H,24,27)/t20-/m0/s1. The maximum Gasteiger partial charge on any atom is 0.226 e. The molecule has 166 valence electrons. The van der Waals surface area contributed by atoms with E-state index in [1.807, 2.05) is 17.0 Å². The lowest BCUT2D eigenvalue weighted by molar-refractivity contribution is -0.129. The quantitative estimate of drug-likeness (QED) is 0.628. The van der Waals surface area contributed by atoms with Crippen molar-refractivity contribution in [1.82, 2.24) is 9.62 Å². The fourth-order valence-corrected chi connectivity index (χ4v) is 4.40. The first kappa shape index (κ1) is 23.2. The summed E-state index contributed by atoms with van der Waals surface area (Å²) in [4.78, 5) is 26.7. The topological polar surface area (TPSA) is 95.6 Å². The predicted molar refractivity (Wildman–Crippen MR) is 121 cm³/mol. The molecule has 3 rings (SSSR count). The number of hydrogen-bond acceptors (Lipinski definition) is 4. The minimum Gasteiger partial charge on any atom is -0.342 e. The van der Waals surface area contributed by atoms with Crippen LogP contribution in [0.2, 0.25) is 5.02 Å². The second-order valence-corrected chi connectivity index (χ2v) is 9.92. The molecule has 0 saturated carbocycles. The Morgan fingerprint density at radius 1 is 1.03 bits per heavy atom. The van der Waals surface area contributed by atoms with Crippen molar-refractivity contribution in [2.75, 3.05) is 24.7 Å². The maximum absolute atomic E-state index is 12.6. The number of anilines is 1. The van der Waals surface area contributed by atoms with E-state index < -0.39 is 16.1 Å². The zero-order valence-corrected chi connectivity index (χ0v) is 18.9. The van der Waals surface area contributed by atoms with Crippen molar-refractivity contribution >= 4 is 39.1 Å². The van der Waals surface area contributed by atoms with Crippen LogP contribution in [0.1, 0.15) is 36.4 Å². The Labute approximate surface area is 187 Å². The van der Waals surface area contributed by atoms with E-state index in [0.29, 0.717) is 22.7 Å². The SMILES string of the molecule is CS(=O)(=O)N[C@@H](CC(=O)Nc1ccc(CC(=O)N2CCCC2)cc1)c1ccc(Cl)cc1. The molecule has 1 aliphatic heterocycles. The number of rotatable bonds is 8. The predicted octanol–water partition coefficient (Wildman–Crippen LogP) is 3.12. The molecule has 0 unspecified atom stereocenters. The van der Waals surface area contributed by atoms with Crippen molar-refractivity contribution in [2.45, 2.75) is 31.7 Å². The first-order valence-electron chi connectivity index (χ1n) is 10.1. The van der Waals surface area contributed by atoms with Gasteiger partial charge in [-0.3, -0.25) is 9.59 Å². The molecule has 2 aromatic rings. The van der Waals surface area contributed by atoms with Crippen LogP contribution in [0.15, 0.2) is 48.5 Å². The van der Waals surface area contributed by atoms with Crippen molar-refractivity contribution in [2.24, 2.45) is 0 Å². The Balaban J connectivity index is 1.60. The molecule has 2 N–H and O–H groups in total. The third-order valence-corrected chi connectivity index (χ3v) is 6.03. The Kier molecular flexibility index (Phi) is 7.69. The number of nitrogens with zero attached hydrogens (tertiary/aromatic N) is 1. The van der Waals surface area contributed by atoms with Crippen molar-refractivity contribution in [3.63, 3.8) is 0 Å². The first-order valence-corrected chi connectivity index (χ1v) is 12.4. The summed E-state index contributed by atoms with van der Waals surface area (Å²) >= 11 is 5.90. The van der Waals surface area contributed by atoms with Gasteiger partial charge in [0.15, 0.2) is 0 Å². The molecule has 0 aromatic heterocycles. The minimum absolute atomic E-state index is 0.0795. The van der Waals surface area contributed by atoms with Gasteiger partial charge in [0.25, 0.3) is 0 Å². The zero-order chi connectivity index (χ0) is 22.4. The Morgan fingerprint density at radius 3 is 2.23 bits per heavy atom. The highest BCUT2D eigenvalue weighted by Gasteiger charge is 2.20. The van der Waals surface area contributed by atoms with Crippen LogP contribution in [-0.4, -0.2) is 44.5 Å². The molecule has 1 saturated heterocycles. The van der Waals surface area contributed by atoms with Gasteiger partial charge in [-0.1, -0.05) is 35.9 Å². The van der Waals surface area contributed by atoms with Gasteiger partial charge in [-0.25, -0.2) is 13.1 Å². The average molecular weight is 464 g/mol. The van der Waals surface area contributed by atoms with E-state index in [1.54, 1.807) is 36.4 Å². The van der Waals surface area contributed by atoms with Gasteiger partial charge in [0, 0.05) is 30.2 Å². The van der Waals surface area contributed by atoms with Crippen LogP contribution < -0.4 is 10.0 Å². The number of likely N-dealkylation sites (tertiary alicyclic amines) is 1. The number of hydrogen-bond donors (Lipinski definition) is 2. The fraction of sp³-hybridized carbons (Fsp3) is 0.364. The number of nitrogens with one attached hydrogen (secondary N) is 2. The summed E-state index contributed by atoms with van der Waals surface area (Å²) in [6.07, 6.45) is 3.43. The second-order valence-electron chi connectivity index (χ2n) is 7.71. The number of carbonyl (C=O) groups is 2. The zero-order valence-electron chi connectivity index (χ0n) is 17.3. The van der Waals surface area contributed by atoms with Crippen LogP contribution in [-0.2, 0) is 26.0 Å². The minimum atomic E-state index is -3.52. The van der Waals surface area contributed by atoms with E-state index in [2.05, 4.69) is 10.0 Å². The van der Waals surface area contributed by atoms with Crippen LogP contribution in [0.5, 0.6) is 0 Å². The largest absolute Gasteiger partial charge is 0.342 e. The molecule has 1 atom stereocenters. The summed E-state index contributed by atoms with van der Waals surface area (Å²) < 4.78 is 26.0. The average Bonchev–Trinajstić information content (AvgIpc) is 3.23. The fourth-order valence-electron chi connectivity index (χ4n) is 3.54. The molecular formula is C22H26ClN3O4S. The second kappa shape index (κ2) is 10.3. The van der Waals surface area contributed by atoms with Crippen molar-refractivity contribution < 1.29 is 18.0 Å². The highest BCUT2D eigenvalue weighted by Crippen LogP contribution is 2.21. The summed E-state index contributed by atoms with van der Waals surface area (Å²) in [5.41, 5.74) is 2.10. The molecule has 1 fully saturated rings. The summed E-state index contributed by atoms with van der Waals surface area (Å²) in [5.74, 6) is -0.219. The van der Waals surface area contributed by atoms with Crippen LogP contribution in [0.25, 0.3) is 0 Å². The number of benzene rings is 2. The summed E-state index contributed by atoms with van der Waals surface area (Å²) in [7, 11) is -3.52. The van der Waals surface area contributed by atoms with E-state index in [1.165, 1.54) is 0 Å². The Morgan fingerprint density at radius 2 is 1.65 bits per heavy atom. The van der Waals surface area contributed by atoms with Crippen LogP contribution >= 0.6 is 11.6 Å². The first-order chi connectivity index (χ1) is 14.7. The van der Waals surface area contributed by atoms with Gasteiger partial charge >= 0.3 is 0 Å². The normalized spacial score (nSPS) is 15.0. The van der Waals surface area contributed by atoms with Crippen molar-refractivity contribution in [3.8, 4) is 0 Å². The molecular weight excluding hydrogens is 438 g/mol. The third kappa shape index (κ3) is 7.34. The summed E-state index contributed by atoms with van der Waals surface area (Å²) in [5, 5.41) is 3.30. The van der Waals surface area contributed by atoms with Crippen molar-refractivity contribution in [3.05, 3.63) is 64.7 Å². The highest BCUT2D eigenvalue weighted by atomic mass is 35.5. The lowest BCUT2D eigenvalue weighted by atomic mass is 10.0. The molecule has 2 aromatic carbocycles. The maximum atomic E-state index is 12.6. The summed E-state index contributed by atoms with van der Waals surface area (Å²) in [6.45, 7) is 1.65. The van der Waals surface area contributed by atoms with E-state index in [0.717, 1.165) is 37.8 Å². The van der Waals surface area contributed by atoms with Gasteiger partial charge in [0.05, 0.1) is 18.7 Å². The van der Waals surface area contributed by atoms with E-state index in [9.17, 15) is 18.0 Å². The smallest absolute Gasteiger partial charge is 0.226 e. The van der Waals surface area contributed by atoms with E-state index in [4.69, 9.17) is 11.6 Å². The van der Waals surface area contributed by atoms with Crippen molar-refractivity contribution in [1.29, 1.82) is 0 Å². The third-order valence-electron chi connectivity index (χ3n) is 5.07.